The average molecular weight is 372 g/mol. The fraction of sp³-hybridized carbons (Fsp3) is 0.118. The number of primary amides is 1. The van der Waals surface area contributed by atoms with E-state index < -0.39 is 5.91 Å². The summed E-state index contributed by atoms with van der Waals surface area (Å²) in [7, 11) is 0. The van der Waals surface area contributed by atoms with Crippen molar-refractivity contribution in [1.82, 2.24) is 9.61 Å². The average Bonchev–Trinajstić information content (AvgIpc) is 3.23. The Hall–Kier alpha value is -2.71. The molecule has 8 heteroatoms. The van der Waals surface area contributed by atoms with Gasteiger partial charge in [-0.05, 0) is 31.1 Å². The van der Waals surface area contributed by atoms with Gasteiger partial charge in [-0.25, -0.2) is 4.52 Å². The molecule has 128 valence electrons. The van der Waals surface area contributed by atoms with E-state index in [1.165, 1.54) is 17.5 Å². The number of carbonyl (C=O) groups excluding carboxylic acids is 2. The van der Waals surface area contributed by atoms with Gasteiger partial charge in [0.2, 0.25) is 0 Å². The van der Waals surface area contributed by atoms with E-state index in [1.807, 2.05) is 26.1 Å². The summed E-state index contributed by atoms with van der Waals surface area (Å²) in [6.07, 6.45) is 7.13. The number of rotatable bonds is 5. The van der Waals surface area contributed by atoms with Crippen LogP contribution in [-0.4, -0.2) is 21.4 Å². The molecule has 0 fully saturated rings. The number of aryl methyl sites for hydroxylation is 1. The van der Waals surface area contributed by atoms with Gasteiger partial charge in [0.25, 0.3) is 11.8 Å². The predicted octanol–water partition coefficient (Wildman–Crippen LogP) is 3.71. The number of hydrogen-bond acceptors (Lipinski definition) is 5. The first kappa shape index (κ1) is 17.1. The lowest BCUT2D eigenvalue weighted by Crippen LogP contribution is -2.11. The molecule has 0 bridgehead atoms. The summed E-state index contributed by atoms with van der Waals surface area (Å²) in [4.78, 5) is 26.1. The van der Waals surface area contributed by atoms with Crippen molar-refractivity contribution in [2.75, 3.05) is 5.32 Å². The monoisotopic (exact) mass is 372 g/mol. The molecule has 25 heavy (non-hydrogen) atoms. The van der Waals surface area contributed by atoms with Gasteiger partial charge in [-0.3, -0.25) is 9.59 Å². The molecule has 0 unspecified atom stereocenters. The Morgan fingerprint density at radius 2 is 2.12 bits per heavy atom. The highest BCUT2D eigenvalue weighted by Crippen LogP contribution is 2.30. The Balaban J connectivity index is 1.92. The Morgan fingerprint density at radius 1 is 1.36 bits per heavy atom. The second-order valence-electron chi connectivity index (χ2n) is 5.29. The van der Waals surface area contributed by atoms with Crippen LogP contribution >= 0.6 is 22.7 Å². The van der Waals surface area contributed by atoms with E-state index in [-0.39, 0.29) is 5.91 Å². The third kappa shape index (κ3) is 3.13. The number of carbonyl (C=O) groups is 2. The molecule has 3 aromatic rings. The topological polar surface area (TPSA) is 89.5 Å². The van der Waals surface area contributed by atoms with Crippen molar-refractivity contribution < 1.29 is 9.59 Å². The molecular formula is C17H16N4O2S2. The lowest BCUT2D eigenvalue weighted by atomic mass is 10.2. The third-order valence-corrected chi connectivity index (χ3v) is 5.97. The molecule has 3 rings (SSSR count). The molecule has 0 saturated heterocycles. The summed E-state index contributed by atoms with van der Waals surface area (Å²) in [6.45, 7) is 7.55. The van der Waals surface area contributed by atoms with Gasteiger partial charge >= 0.3 is 0 Å². The molecule has 2 amide bonds. The number of nitrogens with one attached hydrogen (secondary N) is 1. The number of anilines is 1. The van der Waals surface area contributed by atoms with E-state index >= 15 is 0 Å². The van der Waals surface area contributed by atoms with Gasteiger partial charge < -0.3 is 11.1 Å². The predicted molar refractivity (Wildman–Crippen MR) is 102 cm³/mol. The number of allylic oxidation sites excluding steroid dienone is 3. The highest BCUT2D eigenvalue weighted by atomic mass is 32.1. The first-order valence-electron chi connectivity index (χ1n) is 7.42. The minimum Gasteiger partial charge on any atom is -0.365 e. The van der Waals surface area contributed by atoms with Crippen molar-refractivity contribution in [1.29, 1.82) is 0 Å². The van der Waals surface area contributed by atoms with Crippen LogP contribution in [0, 0.1) is 6.92 Å². The van der Waals surface area contributed by atoms with Gasteiger partial charge in [-0.2, -0.15) is 5.10 Å². The van der Waals surface area contributed by atoms with Crippen LogP contribution in [0.25, 0.3) is 10.4 Å². The smallest absolute Gasteiger partial charge is 0.260 e. The molecule has 3 N–H and O–H groups in total. The molecule has 0 aliphatic carbocycles. The number of aromatic nitrogens is 2. The maximum Gasteiger partial charge on any atom is 0.260 e. The van der Waals surface area contributed by atoms with Crippen molar-refractivity contribution in [3.8, 4) is 0 Å². The van der Waals surface area contributed by atoms with Crippen molar-refractivity contribution in [2.24, 2.45) is 5.73 Å². The fourth-order valence-corrected chi connectivity index (χ4v) is 4.38. The second-order valence-corrected chi connectivity index (χ2v) is 7.38. The zero-order chi connectivity index (χ0) is 18.1. The van der Waals surface area contributed by atoms with Gasteiger partial charge in [-0.15, -0.1) is 22.7 Å². The second kappa shape index (κ2) is 6.66. The summed E-state index contributed by atoms with van der Waals surface area (Å²) in [5.41, 5.74) is 7.55. The van der Waals surface area contributed by atoms with Gasteiger partial charge in [0.1, 0.15) is 4.83 Å². The van der Waals surface area contributed by atoms with Gasteiger partial charge in [0.15, 0.2) is 0 Å². The van der Waals surface area contributed by atoms with Gasteiger partial charge in [0.05, 0.1) is 26.5 Å². The number of thiophene rings is 1. The minimum atomic E-state index is -0.507. The fourth-order valence-electron chi connectivity index (χ4n) is 2.33. The largest absolute Gasteiger partial charge is 0.365 e. The first-order chi connectivity index (χ1) is 11.9. The van der Waals surface area contributed by atoms with Crippen LogP contribution in [0.3, 0.4) is 0 Å². The Morgan fingerprint density at radius 3 is 2.72 bits per heavy atom. The molecule has 0 spiro atoms. The maximum absolute atomic E-state index is 12.6. The lowest BCUT2D eigenvalue weighted by molar-refractivity contribution is 0.100. The molecule has 3 aromatic heterocycles. The summed E-state index contributed by atoms with van der Waals surface area (Å²) in [5.74, 6) is -0.780. The molecule has 3 heterocycles. The SMILES string of the molecule is C=C/C(=C\C)c1cn2ncc(C(=O)Nc3sc(C(N)=O)cc3C)c2s1. The maximum atomic E-state index is 12.6. The molecule has 0 aromatic carbocycles. The van der Waals surface area contributed by atoms with Crippen LogP contribution in [-0.2, 0) is 0 Å². The Kier molecular flexibility index (Phi) is 4.56. The summed E-state index contributed by atoms with van der Waals surface area (Å²) in [5, 5.41) is 7.69. The van der Waals surface area contributed by atoms with Crippen molar-refractivity contribution in [3.63, 3.8) is 0 Å². The molecular weight excluding hydrogens is 356 g/mol. The zero-order valence-electron chi connectivity index (χ0n) is 13.7. The van der Waals surface area contributed by atoms with Crippen LogP contribution in [0.2, 0.25) is 0 Å². The highest BCUT2D eigenvalue weighted by Gasteiger charge is 2.18. The van der Waals surface area contributed by atoms with Gasteiger partial charge in [-0.1, -0.05) is 18.7 Å². The van der Waals surface area contributed by atoms with Crippen molar-refractivity contribution >= 4 is 49.9 Å². The number of nitrogens with two attached hydrogens (primary N) is 1. The quantitative estimate of drug-likeness (QED) is 0.669. The number of amides is 2. The first-order valence-corrected chi connectivity index (χ1v) is 9.05. The summed E-state index contributed by atoms with van der Waals surface area (Å²) in [6, 6.07) is 1.67. The van der Waals surface area contributed by atoms with E-state index in [0.29, 0.717) is 15.4 Å². The molecule has 0 atom stereocenters. The standard InChI is InChI=1S/C17H16N4O2S2/c1-4-10(5-2)13-8-21-17(25-13)11(7-19-21)15(23)20-16-9(3)6-12(24-16)14(18)22/h4-8H,1H2,2-3H3,(H2,18,22)(H,20,23)/b10-5+. The Labute approximate surface area is 152 Å². The van der Waals surface area contributed by atoms with E-state index in [0.717, 1.165) is 32.2 Å². The normalized spacial score (nSPS) is 11.7. The van der Waals surface area contributed by atoms with E-state index in [1.54, 1.807) is 16.7 Å². The number of thiazole rings is 1. The van der Waals surface area contributed by atoms with Crippen LogP contribution in [0.5, 0.6) is 0 Å². The van der Waals surface area contributed by atoms with E-state index in [2.05, 4.69) is 17.0 Å². The molecule has 0 saturated carbocycles. The zero-order valence-corrected chi connectivity index (χ0v) is 15.3. The van der Waals surface area contributed by atoms with Gasteiger partial charge in [0, 0.05) is 6.20 Å². The van der Waals surface area contributed by atoms with E-state index in [4.69, 9.17) is 5.73 Å². The number of nitrogens with zero attached hydrogens (tertiary/aromatic N) is 2. The summed E-state index contributed by atoms with van der Waals surface area (Å²) < 4.78 is 1.68. The molecule has 0 radical (unpaired) electrons. The molecule has 0 aliphatic rings. The van der Waals surface area contributed by atoms with Crippen LogP contribution in [0.15, 0.2) is 37.2 Å². The molecule has 6 nitrogen and oxygen atoms in total. The van der Waals surface area contributed by atoms with Crippen LogP contribution in [0.1, 0.15) is 37.4 Å². The third-order valence-electron chi connectivity index (χ3n) is 3.64. The van der Waals surface area contributed by atoms with Crippen LogP contribution in [0.4, 0.5) is 5.00 Å². The van der Waals surface area contributed by atoms with E-state index in [9.17, 15) is 9.59 Å². The minimum absolute atomic E-state index is 0.273. The number of fused-ring (bicyclic) bond motifs is 1. The number of hydrogen-bond donors (Lipinski definition) is 2. The lowest BCUT2D eigenvalue weighted by Gasteiger charge is -2.01. The van der Waals surface area contributed by atoms with Crippen molar-refractivity contribution in [2.45, 2.75) is 13.8 Å². The van der Waals surface area contributed by atoms with Crippen molar-refractivity contribution in [3.05, 3.63) is 58.1 Å². The summed E-state index contributed by atoms with van der Waals surface area (Å²) >= 11 is 2.63. The molecule has 0 aliphatic heterocycles. The highest BCUT2D eigenvalue weighted by molar-refractivity contribution is 7.19. The van der Waals surface area contributed by atoms with Crippen LogP contribution < -0.4 is 11.1 Å². The Bertz CT molecular complexity index is 1020.